The number of hydrogen-bond acceptors (Lipinski definition) is 4. The van der Waals surface area contributed by atoms with Crippen molar-refractivity contribution in [2.24, 2.45) is 0 Å². The van der Waals surface area contributed by atoms with E-state index >= 15 is 0 Å². The third-order valence-electron chi connectivity index (χ3n) is 2.33. The first-order valence-electron chi connectivity index (χ1n) is 5.51. The Morgan fingerprint density at radius 2 is 2.22 bits per heavy atom. The van der Waals surface area contributed by atoms with Crippen molar-refractivity contribution in [1.29, 1.82) is 0 Å². The molecule has 1 heterocycles. The zero-order valence-corrected chi connectivity index (χ0v) is 13.3. The van der Waals surface area contributed by atoms with E-state index in [1.165, 1.54) is 11.4 Å². The number of nitrogens with one attached hydrogen (secondary N) is 1. The molecule has 1 rings (SSSR count). The van der Waals surface area contributed by atoms with Crippen LogP contribution < -0.4 is 4.72 Å². The van der Waals surface area contributed by atoms with Crippen molar-refractivity contribution in [2.75, 3.05) is 26.7 Å². The molecule has 0 aliphatic heterocycles. The van der Waals surface area contributed by atoms with Crippen molar-refractivity contribution in [3.05, 3.63) is 20.8 Å². The summed E-state index contributed by atoms with van der Waals surface area (Å²) in [5.41, 5.74) is 0. The molecule has 0 aromatic carbocycles. The van der Waals surface area contributed by atoms with E-state index in [0.29, 0.717) is 25.9 Å². The van der Waals surface area contributed by atoms with Gasteiger partial charge >= 0.3 is 0 Å². The molecule has 0 atom stereocenters. The maximum atomic E-state index is 11.8. The van der Waals surface area contributed by atoms with E-state index in [1.54, 1.807) is 11.3 Å². The summed E-state index contributed by atoms with van der Waals surface area (Å²) in [5, 5.41) is 8.66. The summed E-state index contributed by atoms with van der Waals surface area (Å²) in [7, 11) is -1.93. The third kappa shape index (κ3) is 5.33. The lowest BCUT2D eigenvalue weighted by molar-refractivity contribution is 0.275. The second kappa shape index (κ2) is 7.56. The number of rotatable bonds is 8. The van der Waals surface area contributed by atoms with E-state index in [1.807, 2.05) is 12.1 Å². The molecular formula is C10H17BrN2O3S2. The van der Waals surface area contributed by atoms with Crippen LogP contribution in [-0.4, -0.2) is 44.6 Å². The van der Waals surface area contributed by atoms with E-state index in [0.717, 1.165) is 8.66 Å². The maximum Gasteiger partial charge on any atom is 0.279 e. The predicted molar refractivity (Wildman–Crippen MR) is 77.0 cm³/mol. The Kier molecular flexibility index (Phi) is 6.75. The average Bonchev–Trinajstić information content (AvgIpc) is 2.71. The van der Waals surface area contributed by atoms with Crippen molar-refractivity contribution >= 4 is 37.5 Å². The van der Waals surface area contributed by atoms with Crippen LogP contribution in [0.2, 0.25) is 0 Å². The lowest BCUT2D eigenvalue weighted by atomic mass is 10.3. The Labute approximate surface area is 120 Å². The van der Waals surface area contributed by atoms with Crippen LogP contribution in [0, 0.1) is 0 Å². The molecule has 0 saturated heterocycles. The monoisotopic (exact) mass is 356 g/mol. The normalized spacial score (nSPS) is 12.2. The number of aliphatic hydroxyl groups is 1. The highest BCUT2D eigenvalue weighted by Crippen LogP contribution is 2.22. The molecule has 104 valence electrons. The van der Waals surface area contributed by atoms with E-state index in [-0.39, 0.29) is 6.61 Å². The van der Waals surface area contributed by atoms with Crippen LogP contribution in [0.25, 0.3) is 0 Å². The van der Waals surface area contributed by atoms with Crippen molar-refractivity contribution in [1.82, 2.24) is 9.03 Å². The van der Waals surface area contributed by atoms with Gasteiger partial charge in [-0.3, -0.25) is 0 Å². The molecule has 0 aliphatic rings. The van der Waals surface area contributed by atoms with Crippen LogP contribution in [0.15, 0.2) is 15.9 Å². The molecule has 2 N–H and O–H groups in total. The van der Waals surface area contributed by atoms with Crippen molar-refractivity contribution in [3.63, 3.8) is 0 Å². The molecule has 18 heavy (non-hydrogen) atoms. The molecule has 1 aromatic heterocycles. The first-order valence-corrected chi connectivity index (χ1v) is 8.56. The highest BCUT2D eigenvalue weighted by atomic mass is 79.9. The number of nitrogens with zero attached hydrogens (tertiary/aromatic N) is 1. The van der Waals surface area contributed by atoms with Crippen LogP contribution >= 0.6 is 27.3 Å². The molecule has 0 spiro atoms. The Hall–Kier alpha value is 0.01000. The smallest absolute Gasteiger partial charge is 0.279 e. The fourth-order valence-corrected chi connectivity index (χ4v) is 3.75. The van der Waals surface area contributed by atoms with Gasteiger partial charge in [0.1, 0.15) is 0 Å². The SMILES string of the molecule is CN(CCCO)S(=O)(=O)NCCc1ccc(Br)s1. The number of hydrogen-bond donors (Lipinski definition) is 2. The van der Waals surface area contributed by atoms with Gasteiger partial charge in [0, 0.05) is 31.6 Å². The van der Waals surface area contributed by atoms with Crippen LogP contribution in [0.3, 0.4) is 0 Å². The lowest BCUT2D eigenvalue weighted by Crippen LogP contribution is -2.39. The third-order valence-corrected chi connectivity index (χ3v) is 5.58. The van der Waals surface area contributed by atoms with Gasteiger partial charge in [-0.15, -0.1) is 11.3 Å². The first-order chi connectivity index (χ1) is 8.45. The largest absolute Gasteiger partial charge is 0.396 e. The van der Waals surface area contributed by atoms with Crippen LogP contribution in [0.5, 0.6) is 0 Å². The molecule has 0 fully saturated rings. The Balaban J connectivity index is 2.37. The van der Waals surface area contributed by atoms with Crippen molar-refractivity contribution in [2.45, 2.75) is 12.8 Å². The second-order valence-corrected chi connectivity index (χ2v) is 8.16. The van der Waals surface area contributed by atoms with Crippen LogP contribution in [0.4, 0.5) is 0 Å². The lowest BCUT2D eigenvalue weighted by Gasteiger charge is -2.16. The van der Waals surface area contributed by atoms with Gasteiger partial charge in [0.05, 0.1) is 3.79 Å². The van der Waals surface area contributed by atoms with E-state index < -0.39 is 10.2 Å². The highest BCUT2D eigenvalue weighted by Gasteiger charge is 2.15. The fraction of sp³-hybridized carbons (Fsp3) is 0.600. The van der Waals surface area contributed by atoms with Crippen molar-refractivity contribution in [3.8, 4) is 0 Å². The summed E-state index contributed by atoms with van der Waals surface area (Å²) < 4.78 is 28.3. The molecule has 0 unspecified atom stereocenters. The van der Waals surface area contributed by atoms with E-state index in [2.05, 4.69) is 20.7 Å². The molecular weight excluding hydrogens is 340 g/mol. The molecule has 0 amide bonds. The van der Waals surface area contributed by atoms with Gasteiger partial charge in [-0.05, 0) is 40.9 Å². The van der Waals surface area contributed by atoms with Crippen LogP contribution in [-0.2, 0) is 16.6 Å². The number of halogens is 1. The van der Waals surface area contributed by atoms with Gasteiger partial charge in [-0.1, -0.05) is 0 Å². The molecule has 8 heteroatoms. The van der Waals surface area contributed by atoms with E-state index in [9.17, 15) is 8.42 Å². The first kappa shape index (κ1) is 16.1. The molecule has 5 nitrogen and oxygen atoms in total. The van der Waals surface area contributed by atoms with Gasteiger partial charge in [0.15, 0.2) is 0 Å². The standard InChI is InChI=1S/C10H17BrN2O3S2/c1-13(7-2-8-14)18(15,16)12-6-5-9-3-4-10(11)17-9/h3-4,12,14H,2,5-8H2,1H3. The topological polar surface area (TPSA) is 69.6 Å². The van der Waals surface area contributed by atoms with Gasteiger partial charge in [0.25, 0.3) is 10.2 Å². The maximum absolute atomic E-state index is 11.8. The molecule has 0 aliphatic carbocycles. The quantitative estimate of drug-likeness (QED) is 0.735. The Morgan fingerprint density at radius 1 is 1.50 bits per heavy atom. The van der Waals surface area contributed by atoms with E-state index in [4.69, 9.17) is 5.11 Å². The minimum atomic E-state index is -3.43. The number of thiophene rings is 1. The number of aliphatic hydroxyl groups excluding tert-OH is 1. The summed E-state index contributed by atoms with van der Waals surface area (Å²) in [6, 6.07) is 3.92. The van der Waals surface area contributed by atoms with Gasteiger partial charge < -0.3 is 5.11 Å². The molecule has 0 saturated carbocycles. The second-order valence-electron chi connectivity index (χ2n) is 3.75. The zero-order valence-electron chi connectivity index (χ0n) is 10.1. The average molecular weight is 357 g/mol. The minimum Gasteiger partial charge on any atom is -0.396 e. The summed E-state index contributed by atoms with van der Waals surface area (Å²) in [6.07, 6.45) is 1.11. The van der Waals surface area contributed by atoms with Gasteiger partial charge in [-0.25, -0.2) is 4.72 Å². The summed E-state index contributed by atoms with van der Waals surface area (Å²) in [5.74, 6) is 0. The van der Waals surface area contributed by atoms with Gasteiger partial charge in [-0.2, -0.15) is 12.7 Å². The molecule has 0 bridgehead atoms. The minimum absolute atomic E-state index is 0.0108. The summed E-state index contributed by atoms with van der Waals surface area (Å²) >= 11 is 4.96. The summed E-state index contributed by atoms with van der Waals surface area (Å²) in [6.45, 7) is 0.679. The Morgan fingerprint density at radius 3 is 2.78 bits per heavy atom. The van der Waals surface area contributed by atoms with Crippen molar-refractivity contribution < 1.29 is 13.5 Å². The van der Waals surface area contributed by atoms with Gasteiger partial charge in [0.2, 0.25) is 0 Å². The predicted octanol–water partition coefficient (Wildman–Crippen LogP) is 1.20. The zero-order chi connectivity index (χ0) is 13.6. The molecule has 0 radical (unpaired) electrons. The highest BCUT2D eigenvalue weighted by molar-refractivity contribution is 9.11. The molecule has 1 aromatic rings. The summed E-state index contributed by atoms with van der Waals surface area (Å²) in [4.78, 5) is 1.13. The Bertz CT molecular complexity index is 461. The van der Waals surface area contributed by atoms with Crippen LogP contribution in [0.1, 0.15) is 11.3 Å². The fourth-order valence-electron chi connectivity index (χ4n) is 1.31.